The minimum Gasteiger partial charge on any atom is -0.355 e. The van der Waals surface area contributed by atoms with Crippen LogP contribution in [0.1, 0.15) is 94.9 Å². The van der Waals surface area contributed by atoms with Gasteiger partial charge in [0.15, 0.2) is 0 Å². The quantitative estimate of drug-likeness (QED) is 0.441. The van der Waals surface area contributed by atoms with Crippen molar-refractivity contribution in [3.8, 4) is 0 Å². The van der Waals surface area contributed by atoms with Gasteiger partial charge in [0.25, 0.3) is 0 Å². The lowest BCUT2D eigenvalue weighted by atomic mass is 9.93. The number of aliphatic imine (C=N–C) groups is 1. The van der Waals surface area contributed by atoms with E-state index in [-0.39, 0.29) is 0 Å². The van der Waals surface area contributed by atoms with Gasteiger partial charge in [0.05, 0.1) is 11.4 Å². The Labute approximate surface area is 222 Å². The summed E-state index contributed by atoms with van der Waals surface area (Å²) < 4.78 is 0. The molecule has 0 unspecified atom stereocenters. The van der Waals surface area contributed by atoms with E-state index < -0.39 is 0 Å². The highest BCUT2D eigenvalue weighted by Crippen LogP contribution is 2.32. The fourth-order valence-corrected chi connectivity index (χ4v) is 6.03. The topological polar surface area (TPSA) is 43.9 Å². The molecule has 0 amide bonds. The van der Waals surface area contributed by atoms with E-state index in [4.69, 9.17) is 4.99 Å². The van der Waals surface area contributed by atoms with E-state index in [1.165, 1.54) is 61.5 Å². The average molecular weight is 494 g/mol. The zero-order chi connectivity index (χ0) is 27.0. The van der Waals surface area contributed by atoms with Gasteiger partial charge in [0.2, 0.25) is 0 Å². The molecule has 0 saturated carbocycles. The van der Waals surface area contributed by atoms with Crippen molar-refractivity contribution < 1.29 is 0 Å². The maximum Gasteiger partial charge on any atom is 0.0693 e. The molecule has 37 heavy (non-hydrogen) atoms. The van der Waals surface area contributed by atoms with Crippen molar-refractivity contribution in [2.24, 2.45) is 4.99 Å². The van der Waals surface area contributed by atoms with Crippen LogP contribution in [0.25, 0.3) is 24.3 Å². The van der Waals surface area contributed by atoms with E-state index in [2.05, 4.69) is 103 Å². The fraction of sp³-hybridized carbons (Fsp3) is 0.382. The number of rotatable bonds is 4. The molecule has 0 aromatic carbocycles. The summed E-state index contributed by atoms with van der Waals surface area (Å²) >= 11 is 0. The molecule has 0 fully saturated rings. The molecular weight excluding hydrogens is 450 g/mol. The van der Waals surface area contributed by atoms with E-state index in [1.54, 1.807) is 0 Å². The maximum atomic E-state index is 5.16. The first-order chi connectivity index (χ1) is 17.6. The lowest BCUT2D eigenvalue weighted by Gasteiger charge is -2.12. The largest absolute Gasteiger partial charge is 0.355 e. The van der Waals surface area contributed by atoms with Gasteiger partial charge in [-0.3, -0.25) is 0 Å². The summed E-state index contributed by atoms with van der Waals surface area (Å²) in [6.07, 6.45) is 12.9. The average Bonchev–Trinajstić information content (AvgIpc) is 3.44. The minimum atomic E-state index is 0.954. The summed E-state index contributed by atoms with van der Waals surface area (Å²) in [6.45, 7) is 24.5. The predicted molar refractivity (Wildman–Crippen MR) is 162 cm³/mol. The molecular formula is C34H43N3. The third kappa shape index (κ3) is 4.72. The molecule has 2 aromatic rings. The molecule has 2 N–H and O–H groups in total. The van der Waals surface area contributed by atoms with Crippen LogP contribution in [0.2, 0.25) is 0 Å². The number of hydrogen-bond donors (Lipinski definition) is 2. The highest BCUT2D eigenvalue weighted by molar-refractivity contribution is 6.23. The number of allylic oxidation sites excluding steroid dienone is 6. The molecule has 6 bridgehead atoms. The van der Waals surface area contributed by atoms with Crippen molar-refractivity contribution in [3.05, 3.63) is 90.1 Å². The predicted octanol–water partition coefficient (Wildman–Crippen LogP) is 7.57. The van der Waals surface area contributed by atoms with E-state index in [9.17, 15) is 0 Å². The Kier molecular flexibility index (Phi) is 7.64. The Bertz CT molecular complexity index is 1550. The molecule has 4 heterocycles. The van der Waals surface area contributed by atoms with Gasteiger partial charge in [-0.25, -0.2) is 4.99 Å². The van der Waals surface area contributed by atoms with Crippen LogP contribution < -0.4 is 10.7 Å². The highest BCUT2D eigenvalue weighted by Gasteiger charge is 2.20. The third-order valence-corrected chi connectivity index (χ3v) is 8.36. The summed E-state index contributed by atoms with van der Waals surface area (Å²) in [5.74, 6) is 0. The van der Waals surface area contributed by atoms with Crippen LogP contribution in [0.5, 0.6) is 0 Å². The number of fused-ring (bicyclic) bond motifs is 5. The smallest absolute Gasteiger partial charge is 0.0693 e. The van der Waals surface area contributed by atoms with Crippen molar-refractivity contribution in [3.63, 3.8) is 0 Å². The molecule has 0 spiro atoms. The van der Waals surface area contributed by atoms with Crippen molar-refractivity contribution in [2.45, 2.75) is 88.0 Å². The summed E-state index contributed by atoms with van der Waals surface area (Å²) in [6, 6.07) is 0. The van der Waals surface area contributed by atoms with Crippen molar-refractivity contribution in [1.29, 1.82) is 0 Å². The van der Waals surface area contributed by atoms with E-state index in [1.807, 2.05) is 0 Å². The Morgan fingerprint density at radius 1 is 0.649 bits per heavy atom. The zero-order valence-electron chi connectivity index (χ0n) is 24.3. The molecule has 0 atom stereocenters. The van der Waals surface area contributed by atoms with Gasteiger partial charge in [-0.2, -0.15) is 0 Å². The highest BCUT2D eigenvalue weighted by atomic mass is 14.8. The lowest BCUT2D eigenvalue weighted by molar-refractivity contribution is 1.07. The van der Waals surface area contributed by atoms with Crippen LogP contribution in [0, 0.1) is 13.8 Å². The Morgan fingerprint density at radius 2 is 1.32 bits per heavy atom. The first kappa shape index (κ1) is 26.7. The number of H-pyrrole nitrogens is 2. The van der Waals surface area contributed by atoms with Crippen LogP contribution in [-0.4, -0.2) is 15.7 Å². The van der Waals surface area contributed by atoms with Gasteiger partial charge in [-0.1, -0.05) is 34.3 Å². The maximum absolute atomic E-state index is 5.16. The van der Waals surface area contributed by atoms with Crippen LogP contribution in [0.4, 0.5) is 0 Å². The molecule has 0 saturated heterocycles. The fourth-order valence-electron chi connectivity index (χ4n) is 6.03. The van der Waals surface area contributed by atoms with Crippen molar-refractivity contribution >= 4 is 30.0 Å². The molecule has 0 radical (unpaired) electrons. The number of nitrogens with one attached hydrogen (secondary N) is 2. The Hall–Kier alpha value is -3.33. The van der Waals surface area contributed by atoms with E-state index in [0.717, 1.165) is 53.4 Å². The molecule has 2 aliphatic rings. The van der Waals surface area contributed by atoms with E-state index >= 15 is 0 Å². The Morgan fingerprint density at radius 3 is 1.95 bits per heavy atom. The number of aromatic amines is 2. The summed E-state index contributed by atoms with van der Waals surface area (Å²) in [5.41, 5.74) is 17.3. The normalized spacial score (nSPS) is 21.0. The third-order valence-electron chi connectivity index (χ3n) is 8.36. The summed E-state index contributed by atoms with van der Waals surface area (Å²) in [7, 11) is 0. The molecule has 4 rings (SSSR count). The van der Waals surface area contributed by atoms with Crippen LogP contribution in [0.3, 0.4) is 0 Å². The van der Waals surface area contributed by atoms with Crippen molar-refractivity contribution in [2.75, 3.05) is 0 Å². The molecule has 2 aliphatic heterocycles. The molecule has 194 valence electrons. The Balaban J connectivity index is 2.11. The summed E-state index contributed by atoms with van der Waals surface area (Å²) in [5, 5.41) is 2.29. The molecule has 0 aliphatic carbocycles. The van der Waals surface area contributed by atoms with Gasteiger partial charge in [0.1, 0.15) is 0 Å². The molecule has 3 nitrogen and oxygen atoms in total. The first-order valence-electron chi connectivity index (χ1n) is 13.9. The first-order valence-corrected chi connectivity index (χ1v) is 13.9. The van der Waals surface area contributed by atoms with E-state index in [0.29, 0.717) is 0 Å². The van der Waals surface area contributed by atoms with Crippen LogP contribution >= 0.6 is 0 Å². The lowest BCUT2D eigenvalue weighted by Crippen LogP contribution is -2.14. The monoisotopic (exact) mass is 493 g/mol. The van der Waals surface area contributed by atoms with Crippen LogP contribution in [0.15, 0.2) is 50.7 Å². The van der Waals surface area contributed by atoms with Gasteiger partial charge in [-0.15, -0.1) is 0 Å². The SMILES string of the molecule is C=C1/C=c2\[nH]/c(c(C)c2CC)=C\C2=NC(=C\c3[nH]c(c(C)c3CC)/C=C(\C)C(CC)=C1C)/C(C)=C2CC. The molecule has 2 aromatic heterocycles. The number of aromatic nitrogens is 2. The van der Waals surface area contributed by atoms with Gasteiger partial charge < -0.3 is 9.97 Å². The van der Waals surface area contributed by atoms with Crippen LogP contribution in [-0.2, 0) is 12.8 Å². The molecule has 3 heteroatoms. The standard InChI is InChI=1S/C34H43N3/c1-11-25-20(6)16-29-22(8)27(13-3)33(35-29)18-31-24(10)28(14-4)34(37-31)17-30-23(9)26(12-2)32(36-30)15-19(5)21(25)7/h15-18,35-36H,5,11-14H2,1-4,6-10H3/b20-16+,25-21?,30-17-,31-18-,32-15-. The number of nitrogens with zero attached hydrogens (tertiary/aromatic N) is 1. The van der Waals surface area contributed by atoms with Crippen molar-refractivity contribution in [1.82, 2.24) is 9.97 Å². The second-order valence-electron chi connectivity index (χ2n) is 10.4. The number of hydrogen-bond acceptors (Lipinski definition) is 1. The van der Waals surface area contributed by atoms with Gasteiger partial charge in [0, 0.05) is 22.1 Å². The second-order valence-corrected chi connectivity index (χ2v) is 10.4. The van der Waals surface area contributed by atoms with Gasteiger partial charge >= 0.3 is 0 Å². The minimum absolute atomic E-state index is 0.954. The summed E-state index contributed by atoms with van der Waals surface area (Å²) in [4.78, 5) is 12.6. The zero-order valence-corrected chi connectivity index (χ0v) is 24.3. The second kappa shape index (κ2) is 10.6. The van der Waals surface area contributed by atoms with Gasteiger partial charge in [-0.05, 0) is 140 Å².